The quantitative estimate of drug-likeness (QED) is 0.452. The van der Waals surface area contributed by atoms with Crippen LogP contribution in [0.2, 0.25) is 0 Å². The van der Waals surface area contributed by atoms with E-state index in [1.54, 1.807) is 0 Å². The Morgan fingerprint density at radius 1 is 0.947 bits per heavy atom. The molecule has 2 aromatic rings. The molecule has 8 heteroatoms. The minimum Gasteiger partial charge on any atom is -0.392 e. The molecular weight excluding hydrogens is 480 g/mol. The van der Waals surface area contributed by atoms with Gasteiger partial charge in [0.1, 0.15) is 0 Å². The van der Waals surface area contributed by atoms with Crippen LogP contribution in [0, 0.1) is 0 Å². The van der Waals surface area contributed by atoms with Gasteiger partial charge in [0.15, 0.2) is 6.29 Å². The van der Waals surface area contributed by atoms with E-state index in [2.05, 4.69) is 32.6 Å². The zero-order valence-corrected chi connectivity index (χ0v) is 22.5. The van der Waals surface area contributed by atoms with Crippen molar-refractivity contribution in [2.24, 2.45) is 0 Å². The molecule has 0 bridgehead atoms. The number of hydrogen-bond donors (Lipinski definition) is 3. The molecule has 0 aliphatic carbocycles. The monoisotopic (exact) mass is 522 g/mol. The average Bonchev–Trinajstić information content (AvgIpc) is 3.62. The van der Waals surface area contributed by atoms with Crippen molar-refractivity contribution in [3.05, 3.63) is 65.2 Å². The molecule has 4 atom stereocenters. The maximum Gasteiger partial charge on any atom is 0.319 e. The minimum atomic E-state index is -0.491. The van der Waals surface area contributed by atoms with Crippen LogP contribution in [0.15, 0.2) is 48.5 Å². The molecule has 3 N–H and O–H groups in total. The first kappa shape index (κ1) is 27.1. The summed E-state index contributed by atoms with van der Waals surface area (Å²) >= 11 is 0. The molecule has 8 nitrogen and oxygen atoms in total. The molecule has 3 saturated heterocycles. The van der Waals surface area contributed by atoms with Gasteiger partial charge in [-0.15, -0.1) is 0 Å². The summed E-state index contributed by atoms with van der Waals surface area (Å²) in [4.78, 5) is 17.2. The smallest absolute Gasteiger partial charge is 0.319 e. The lowest BCUT2D eigenvalue weighted by Gasteiger charge is -2.39. The number of carbonyl (C=O) groups excluding carboxylic acids is 1. The van der Waals surface area contributed by atoms with E-state index in [4.69, 9.17) is 9.47 Å². The van der Waals surface area contributed by atoms with Crippen molar-refractivity contribution >= 4 is 11.7 Å². The van der Waals surface area contributed by atoms with Gasteiger partial charge in [-0.05, 0) is 75.5 Å². The highest BCUT2D eigenvalue weighted by atomic mass is 16.7. The fourth-order valence-corrected chi connectivity index (χ4v) is 5.96. The number of carbonyl (C=O) groups is 1. The number of aliphatic hydroxyl groups excluding tert-OH is 1. The van der Waals surface area contributed by atoms with Gasteiger partial charge in [-0.3, -0.25) is 4.90 Å². The molecule has 3 aliphatic heterocycles. The Bertz CT molecular complexity index is 1030. The Labute approximate surface area is 226 Å². The van der Waals surface area contributed by atoms with E-state index in [1.807, 2.05) is 43.3 Å². The summed E-state index contributed by atoms with van der Waals surface area (Å²) in [7, 11) is 0. The fraction of sp³-hybridized carbons (Fsp3) is 0.567. The first-order chi connectivity index (χ1) is 18.6. The average molecular weight is 523 g/mol. The maximum absolute atomic E-state index is 11.9. The number of anilines is 1. The molecule has 2 amide bonds. The second-order valence-corrected chi connectivity index (χ2v) is 10.8. The molecule has 3 fully saturated rings. The van der Waals surface area contributed by atoms with Crippen LogP contribution in [0.3, 0.4) is 0 Å². The molecule has 3 heterocycles. The van der Waals surface area contributed by atoms with Gasteiger partial charge in [0.25, 0.3) is 0 Å². The Hall–Kier alpha value is -2.49. The SMILES string of the molecule is CCNC(=O)Nc1ccc(C2OC(CN3CCCC3CN3CCCC3)CC(c3ccc(CO)cc3)O2)cc1. The number of nitrogens with one attached hydrogen (secondary N) is 2. The van der Waals surface area contributed by atoms with Crippen molar-refractivity contribution in [1.29, 1.82) is 0 Å². The predicted molar refractivity (Wildman–Crippen MR) is 148 cm³/mol. The van der Waals surface area contributed by atoms with Gasteiger partial charge in [-0.1, -0.05) is 36.4 Å². The highest BCUT2D eigenvalue weighted by Gasteiger charge is 2.36. The van der Waals surface area contributed by atoms with Crippen LogP contribution >= 0.6 is 0 Å². The summed E-state index contributed by atoms with van der Waals surface area (Å²) in [6, 6.07) is 16.1. The number of ether oxygens (including phenoxy) is 2. The topological polar surface area (TPSA) is 86.3 Å². The summed E-state index contributed by atoms with van der Waals surface area (Å²) in [5, 5.41) is 15.1. The maximum atomic E-state index is 11.9. The van der Waals surface area contributed by atoms with E-state index in [9.17, 15) is 9.90 Å². The second-order valence-electron chi connectivity index (χ2n) is 10.8. The van der Waals surface area contributed by atoms with Crippen molar-refractivity contribution < 1.29 is 19.4 Å². The number of benzene rings is 2. The van der Waals surface area contributed by atoms with E-state index in [1.165, 1.54) is 45.3 Å². The lowest BCUT2D eigenvalue weighted by atomic mass is 9.99. The Morgan fingerprint density at radius 3 is 2.39 bits per heavy atom. The van der Waals surface area contributed by atoms with E-state index in [0.29, 0.717) is 12.6 Å². The van der Waals surface area contributed by atoms with Crippen LogP contribution in [-0.2, 0) is 16.1 Å². The van der Waals surface area contributed by atoms with E-state index in [-0.39, 0.29) is 24.8 Å². The summed E-state index contributed by atoms with van der Waals surface area (Å²) in [6.45, 7) is 8.16. The first-order valence-electron chi connectivity index (χ1n) is 14.2. The Balaban J connectivity index is 1.30. The third-order valence-electron chi connectivity index (χ3n) is 8.00. The van der Waals surface area contributed by atoms with Crippen molar-refractivity contribution in [2.75, 3.05) is 44.6 Å². The molecule has 0 saturated carbocycles. The van der Waals surface area contributed by atoms with Gasteiger partial charge in [0, 0.05) is 43.3 Å². The lowest BCUT2D eigenvalue weighted by Crippen LogP contribution is -2.45. The van der Waals surface area contributed by atoms with Crippen LogP contribution < -0.4 is 10.6 Å². The summed E-state index contributed by atoms with van der Waals surface area (Å²) in [5.41, 5.74) is 3.66. The highest BCUT2D eigenvalue weighted by Crippen LogP contribution is 2.39. The van der Waals surface area contributed by atoms with Crippen LogP contribution in [0.25, 0.3) is 0 Å². The fourth-order valence-electron chi connectivity index (χ4n) is 5.96. The molecule has 38 heavy (non-hydrogen) atoms. The third-order valence-corrected chi connectivity index (χ3v) is 8.00. The molecule has 0 spiro atoms. The van der Waals surface area contributed by atoms with Crippen molar-refractivity contribution in [3.8, 4) is 0 Å². The van der Waals surface area contributed by atoms with Gasteiger partial charge in [0.05, 0.1) is 18.8 Å². The minimum absolute atomic E-state index is 0.0319. The number of hydrogen-bond acceptors (Lipinski definition) is 6. The molecule has 2 aromatic carbocycles. The number of amides is 2. The predicted octanol–water partition coefficient (Wildman–Crippen LogP) is 4.43. The number of likely N-dealkylation sites (tertiary alicyclic amines) is 2. The van der Waals surface area contributed by atoms with Gasteiger partial charge >= 0.3 is 6.03 Å². The highest BCUT2D eigenvalue weighted by molar-refractivity contribution is 5.89. The number of aliphatic hydroxyl groups is 1. The molecule has 5 rings (SSSR count). The van der Waals surface area contributed by atoms with Crippen LogP contribution in [0.4, 0.5) is 10.5 Å². The van der Waals surface area contributed by atoms with Crippen molar-refractivity contribution in [3.63, 3.8) is 0 Å². The van der Waals surface area contributed by atoms with Crippen molar-refractivity contribution in [2.45, 2.75) is 70.2 Å². The normalized spacial score (nSPS) is 26.5. The number of nitrogens with zero attached hydrogens (tertiary/aromatic N) is 2. The van der Waals surface area contributed by atoms with Gasteiger partial charge < -0.3 is 30.1 Å². The Morgan fingerprint density at radius 2 is 1.68 bits per heavy atom. The van der Waals surface area contributed by atoms with E-state index >= 15 is 0 Å². The number of urea groups is 1. The van der Waals surface area contributed by atoms with Gasteiger partial charge in [0.2, 0.25) is 0 Å². The molecule has 206 valence electrons. The largest absolute Gasteiger partial charge is 0.392 e. The van der Waals surface area contributed by atoms with Crippen LogP contribution in [-0.4, -0.2) is 72.4 Å². The lowest BCUT2D eigenvalue weighted by molar-refractivity contribution is -0.253. The summed E-state index contributed by atoms with van der Waals surface area (Å²) in [5.74, 6) is 0. The second kappa shape index (κ2) is 13.0. The molecular formula is C30H42N4O4. The van der Waals surface area contributed by atoms with Gasteiger partial charge in [-0.25, -0.2) is 4.79 Å². The zero-order valence-electron chi connectivity index (χ0n) is 22.5. The molecule has 0 aromatic heterocycles. The molecule has 3 aliphatic rings. The Kier molecular flexibility index (Phi) is 9.30. The van der Waals surface area contributed by atoms with E-state index < -0.39 is 6.29 Å². The third kappa shape index (κ3) is 6.93. The van der Waals surface area contributed by atoms with Crippen molar-refractivity contribution in [1.82, 2.24) is 15.1 Å². The van der Waals surface area contributed by atoms with Gasteiger partial charge in [-0.2, -0.15) is 0 Å². The molecule has 0 radical (unpaired) electrons. The standard InChI is InChI=1S/C30H42N4O4/c1-2-31-30(36)32-25-13-11-24(12-14-25)29-37-27(18-28(38-29)23-9-7-22(21-35)8-10-23)20-34-17-5-6-26(34)19-33-15-3-4-16-33/h7-14,26-29,35H,2-6,15-21H2,1H3,(H2,31,32,36). The number of rotatable bonds is 9. The van der Waals surface area contributed by atoms with Crippen LogP contribution in [0.5, 0.6) is 0 Å². The zero-order chi connectivity index (χ0) is 26.3. The molecule has 4 unspecified atom stereocenters. The summed E-state index contributed by atoms with van der Waals surface area (Å²) in [6.07, 6.45) is 5.40. The summed E-state index contributed by atoms with van der Waals surface area (Å²) < 4.78 is 13.1. The van der Waals surface area contributed by atoms with Crippen LogP contribution in [0.1, 0.15) is 68.1 Å². The first-order valence-corrected chi connectivity index (χ1v) is 14.2. The van der Waals surface area contributed by atoms with E-state index in [0.717, 1.165) is 41.9 Å².